The second-order valence-electron chi connectivity index (χ2n) is 9.36. The SMILES string of the molecule is CC(C)(C)[Si](C)(C)OC[C@@]1(CC#N)C(=O)N(Cc2ccccc2)c2ccccc21. The number of carbonyl (C=O) groups excluding carboxylic acids is 1. The standard InChI is InChI=1S/C24H30N2O2Si/c1-23(2,3)29(4,5)28-18-24(15-16-25)20-13-9-10-14-21(20)26(22(24)27)17-19-11-7-6-8-12-19/h6-14H,15,17-18H2,1-5H3/t24-/m1/s1. The van der Waals surface area contributed by atoms with Crippen molar-refractivity contribution in [1.29, 1.82) is 5.26 Å². The molecule has 29 heavy (non-hydrogen) atoms. The highest BCUT2D eigenvalue weighted by Crippen LogP contribution is 2.46. The summed E-state index contributed by atoms with van der Waals surface area (Å²) in [6, 6.07) is 20.1. The fraction of sp³-hybridized carbons (Fsp3) is 0.417. The van der Waals surface area contributed by atoms with Crippen LogP contribution in [0.15, 0.2) is 54.6 Å². The molecule has 3 rings (SSSR count). The molecule has 152 valence electrons. The Bertz CT molecular complexity index is 928. The molecule has 1 atom stereocenters. The number of hydrogen-bond acceptors (Lipinski definition) is 3. The van der Waals surface area contributed by atoms with E-state index in [1.54, 1.807) is 0 Å². The number of nitriles is 1. The van der Waals surface area contributed by atoms with Crippen LogP contribution in [0.3, 0.4) is 0 Å². The molecule has 0 aliphatic carbocycles. The maximum Gasteiger partial charge on any atom is 0.241 e. The normalized spacial score (nSPS) is 19.2. The molecule has 0 aromatic heterocycles. The lowest BCUT2D eigenvalue weighted by molar-refractivity contribution is -0.124. The lowest BCUT2D eigenvalue weighted by Crippen LogP contribution is -2.49. The van der Waals surface area contributed by atoms with Crippen molar-refractivity contribution in [3.63, 3.8) is 0 Å². The minimum atomic E-state index is -2.08. The summed E-state index contributed by atoms with van der Waals surface area (Å²) in [4.78, 5) is 15.6. The fourth-order valence-corrected chi connectivity index (χ4v) is 4.58. The van der Waals surface area contributed by atoms with Gasteiger partial charge in [-0.1, -0.05) is 69.3 Å². The van der Waals surface area contributed by atoms with E-state index in [4.69, 9.17) is 4.43 Å². The zero-order valence-corrected chi connectivity index (χ0v) is 19.0. The zero-order valence-electron chi connectivity index (χ0n) is 18.0. The van der Waals surface area contributed by atoms with Gasteiger partial charge in [-0.25, -0.2) is 0 Å². The smallest absolute Gasteiger partial charge is 0.241 e. The number of anilines is 1. The molecule has 1 aliphatic rings. The molecule has 5 heteroatoms. The monoisotopic (exact) mass is 406 g/mol. The predicted molar refractivity (Wildman–Crippen MR) is 119 cm³/mol. The predicted octanol–water partition coefficient (Wildman–Crippen LogP) is 5.41. The number of rotatable bonds is 6. The third kappa shape index (κ3) is 3.87. The van der Waals surface area contributed by atoms with Crippen LogP contribution in [0, 0.1) is 11.3 Å². The van der Waals surface area contributed by atoms with Crippen molar-refractivity contribution >= 4 is 19.9 Å². The number of para-hydroxylation sites is 1. The van der Waals surface area contributed by atoms with Crippen LogP contribution in [0.2, 0.25) is 18.1 Å². The quantitative estimate of drug-likeness (QED) is 0.603. The highest BCUT2D eigenvalue weighted by molar-refractivity contribution is 6.74. The molecule has 0 unspecified atom stereocenters. The first-order valence-electron chi connectivity index (χ1n) is 10.1. The van der Waals surface area contributed by atoms with Gasteiger partial charge in [-0.2, -0.15) is 5.26 Å². The number of amides is 1. The molecule has 0 saturated heterocycles. The first-order chi connectivity index (χ1) is 13.6. The first-order valence-corrected chi connectivity index (χ1v) is 13.0. The Labute approximate surface area is 175 Å². The van der Waals surface area contributed by atoms with Crippen LogP contribution in [0.4, 0.5) is 5.69 Å². The third-order valence-corrected chi connectivity index (χ3v) is 10.9. The minimum absolute atomic E-state index is 0.0335. The van der Waals surface area contributed by atoms with E-state index in [9.17, 15) is 10.1 Å². The first kappa shape index (κ1) is 21.3. The van der Waals surface area contributed by atoms with Gasteiger partial charge in [0.1, 0.15) is 5.41 Å². The van der Waals surface area contributed by atoms with Gasteiger partial charge in [0.2, 0.25) is 5.91 Å². The molecule has 2 aromatic rings. The van der Waals surface area contributed by atoms with Crippen LogP contribution in [0.1, 0.15) is 38.3 Å². The summed E-state index contributed by atoms with van der Waals surface area (Å²) in [6.07, 6.45) is 0.114. The number of benzene rings is 2. The molecule has 0 fully saturated rings. The number of fused-ring (bicyclic) bond motifs is 1. The molecule has 1 aliphatic heterocycles. The number of hydrogen-bond donors (Lipinski definition) is 0. The third-order valence-electron chi connectivity index (χ3n) is 6.41. The van der Waals surface area contributed by atoms with E-state index in [0.717, 1.165) is 16.8 Å². The van der Waals surface area contributed by atoms with E-state index in [2.05, 4.69) is 39.9 Å². The topological polar surface area (TPSA) is 53.3 Å². The summed E-state index contributed by atoms with van der Waals surface area (Å²) in [5, 5.41) is 9.67. The highest BCUT2D eigenvalue weighted by atomic mass is 28.4. The van der Waals surface area contributed by atoms with E-state index in [1.807, 2.05) is 59.5 Å². The Kier molecular flexibility index (Phi) is 5.71. The van der Waals surface area contributed by atoms with Gasteiger partial charge in [-0.05, 0) is 35.3 Å². The molecule has 0 saturated carbocycles. The summed E-state index contributed by atoms with van der Waals surface area (Å²) in [5.74, 6) is -0.0391. The molecule has 2 aromatic carbocycles. The number of carbonyl (C=O) groups is 1. The fourth-order valence-electron chi connectivity index (χ4n) is 3.54. The Balaban J connectivity index is 2.01. The second kappa shape index (κ2) is 7.77. The molecule has 0 spiro atoms. The Morgan fingerprint density at radius 3 is 2.31 bits per heavy atom. The largest absolute Gasteiger partial charge is 0.415 e. The molecule has 4 nitrogen and oxygen atoms in total. The van der Waals surface area contributed by atoms with Crippen LogP contribution >= 0.6 is 0 Å². The average molecular weight is 407 g/mol. The van der Waals surface area contributed by atoms with Crippen molar-refractivity contribution in [3.05, 3.63) is 65.7 Å². The lowest BCUT2D eigenvalue weighted by Gasteiger charge is -2.39. The summed E-state index contributed by atoms with van der Waals surface area (Å²) >= 11 is 0. The summed E-state index contributed by atoms with van der Waals surface area (Å²) in [6.45, 7) is 11.6. The van der Waals surface area contributed by atoms with Crippen LogP contribution in [-0.4, -0.2) is 20.8 Å². The lowest BCUT2D eigenvalue weighted by atomic mass is 9.80. The zero-order chi connectivity index (χ0) is 21.3. The van der Waals surface area contributed by atoms with Gasteiger partial charge in [-0.3, -0.25) is 4.79 Å². The van der Waals surface area contributed by atoms with E-state index in [0.29, 0.717) is 6.54 Å². The van der Waals surface area contributed by atoms with Crippen molar-refractivity contribution in [1.82, 2.24) is 0 Å². The van der Waals surface area contributed by atoms with Gasteiger partial charge in [0, 0.05) is 5.69 Å². The Morgan fingerprint density at radius 2 is 1.69 bits per heavy atom. The van der Waals surface area contributed by atoms with Crippen molar-refractivity contribution in [2.45, 2.75) is 57.3 Å². The average Bonchev–Trinajstić information content (AvgIpc) is 2.90. The van der Waals surface area contributed by atoms with Crippen LogP contribution < -0.4 is 4.90 Å². The van der Waals surface area contributed by atoms with Crippen LogP contribution in [0.5, 0.6) is 0 Å². The molecule has 1 heterocycles. The van der Waals surface area contributed by atoms with Gasteiger partial charge >= 0.3 is 0 Å². The number of nitrogens with zero attached hydrogens (tertiary/aromatic N) is 2. The van der Waals surface area contributed by atoms with Crippen molar-refractivity contribution in [2.24, 2.45) is 0 Å². The molecule has 0 bridgehead atoms. The maximum absolute atomic E-state index is 13.8. The van der Waals surface area contributed by atoms with Gasteiger partial charge < -0.3 is 9.33 Å². The van der Waals surface area contributed by atoms with Crippen molar-refractivity contribution < 1.29 is 9.22 Å². The van der Waals surface area contributed by atoms with E-state index >= 15 is 0 Å². The van der Waals surface area contributed by atoms with Gasteiger partial charge in [0.25, 0.3) is 0 Å². The second-order valence-corrected chi connectivity index (χ2v) is 14.2. The van der Waals surface area contributed by atoms with E-state index in [1.165, 1.54) is 0 Å². The van der Waals surface area contributed by atoms with E-state index in [-0.39, 0.29) is 24.0 Å². The Hall–Kier alpha value is -2.42. The minimum Gasteiger partial charge on any atom is -0.415 e. The van der Waals surface area contributed by atoms with Crippen LogP contribution in [0.25, 0.3) is 0 Å². The molecule has 1 amide bonds. The molecule has 0 radical (unpaired) electrons. The Morgan fingerprint density at radius 1 is 1.07 bits per heavy atom. The molecular formula is C24H30N2O2Si. The summed E-state index contributed by atoms with van der Waals surface area (Å²) in [7, 11) is -2.08. The van der Waals surface area contributed by atoms with Gasteiger partial charge in [0.05, 0.1) is 25.6 Å². The van der Waals surface area contributed by atoms with Gasteiger partial charge in [0.15, 0.2) is 8.32 Å². The van der Waals surface area contributed by atoms with Gasteiger partial charge in [-0.15, -0.1) is 0 Å². The van der Waals surface area contributed by atoms with E-state index < -0.39 is 13.7 Å². The maximum atomic E-state index is 13.8. The van der Waals surface area contributed by atoms with Crippen molar-refractivity contribution in [2.75, 3.05) is 11.5 Å². The molecule has 0 N–H and O–H groups in total. The van der Waals surface area contributed by atoms with Crippen LogP contribution in [-0.2, 0) is 21.2 Å². The van der Waals surface area contributed by atoms with Crippen molar-refractivity contribution in [3.8, 4) is 6.07 Å². The highest BCUT2D eigenvalue weighted by Gasteiger charge is 2.52. The summed E-state index contributed by atoms with van der Waals surface area (Å²) in [5.41, 5.74) is 1.90. The molecular weight excluding hydrogens is 376 g/mol. The summed E-state index contributed by atoms with van der Waals surface area (Å²) < 4.78 is 6.50.